The fraction of sp³-hybridized carbons (Fsp3) is 0.320. The van der Waals surface area contributed by atoms with Crippen LogP contribution in [0.4, 0.5) is 5.13 Å². The van der Waals surface area contributed by atoms with Crippen LogP contribution in [-0.4, -0.2) is 35.3 Å². The Morgan fingerprint density at radius 2 is 2.09 bits per heavy atom. The number of benzene rings is 2. The Balaban J connectivity index is 1.61. The van der Waals surface area contributed by atoms with Gasteiger partial charge in [0.05, 0.1) is 27.9 Å². The van der Waals surface area contributed by atoms with Crippen LogP contribution < -0.4 is 4.90 Å². The number of amides is 1. The third-order valence-electron chi connectivity index (χ3n) is 5.96. The molecule has 1 amide bonds. The number of para-hydroxylation sites is 1. The fourth-order valence-corrected chi connectivity index (χ4v) is 5.48. The molecule has 5 rings (SSSR count). The highest BCUT2D eigenvalue weighted by molar-refractivity contribution is 7.22. The van der Waals surface area contributed by atoms with Crippen LogP contribution in [0.25, 0.3) is 21.5 Å². The van der Waals surface area contributed by atoms with Crippen LogP contribution in [0.5, 0.6) is 0 Å². The molecule has 0 bridgehead atoms. The smallest absolute Gasteiger partial charge is 0.266 e. The second-order valence-electron chi connectivity index (χ2n) is 8.11. The Hall–Kier alpha value is -2.74. The van der Waals surface area contributed by atoms with E-state index < -0.39 is 0 Å². The molecule has 0 N–H and O–H groups in total. The van der Waals surface area contributed by atoms with Gasteiger partial charge in [-0.2, -0.15) is 0 Å². The summed E-state index contributed by atoms with van der Waals surface area (Å²) in [6.07, 6.45) is 2.75. The molecule has 8 heteroatoms. The third kappa shape index (κ3) is 4.16. The van der Waals surface area contributed by atoms with Gasteiger partial charge in [-0.1, -0.05) is 65.3 Å². The summed E-state index contributed by atoms with van der Waals surface area (Å²) in [5.74, 6) is 0.235. The first-order valence-electron chi connectivity index (χ1n) is 11.1. The van der Waals surface area contributed by atoms with Gasteiger partial charge < -0.3 is 9.26 Å². The standard InChI is InChI=1S/C25H24ClN3O3S/c1-3-16-8-6-12-20-22(16)27-25(33-20)29(14-17-9-7-13-31-17)24(30)21-15(2)32-28-23(21)18-10-4-5-11-19(18)26/h4-6,8,10-12,17H,3,7,9,13-14H2,1-2H3/t17-/m1/s1. The summed E-state index contributed by atoms with van der Waals surface area (Å²) >= 11 is 7.94. The Morgan fingerprint density at radius 1 is 1.24 bits per heavy atom. The van der Waals surface area contributed by atoms with Crippen molar-refractivity contribution in [1.29, 1.82) is 0 Å². The molecule has 6 nitrogen and oxygen atoms in total. The van der Waals surface area contributed by atoms with Gasteiger partial charge in [0.15, 0.2) is 5.13 Å². The highest BCUT2D eigenvalue weighted by Gasteiger charge is 2.32. The van der Waals surface area contributed by atoms with E-state index in [9.17, 15) is 4.79 Å². The predicted molar refractivity (Wildman–Crippen MR) is 131 cm³/mol. The van der Waals surface area contributed by atoms with E-state index in [0.717, 1.165) is 35.0 Å². The minimum Gasteiger partial charge on any atom is -0.376 e. The van der Waals surface area contributed by atoms with Crippen LogP contribution in [0.3, 0.4) is 0 Å². The van der Waals surface area contributed by atoms with Crippen molar-refractivity contribution in [3.8, 4) is 11.3 Å². The quantitative estimate of drug-likeness (QED) is 0.323. The third-order valence-corrected chi connectivity index (χ3v) is 7.34. The molecule has 1 atom stereocenters. The van der Waals surface area contributed by atoms with Crippen molar-refractivity contribution in [3.63, 3.8) is 0 Å². The second kappa shape index (κ2) is 9.25. The minimum absolute atomic E-state index is 0.0319. The number of aryl methyl sites for hydroxylation is 2. The van der Waals surface area contributed by atoms with E-state index in [-0.39, 0.29) is 12.0 Å². The molecule has 3 heterocycles. The number of rotatable bonds is 6. The highest BCUT2D eigenvalue weighted by Crippen LogP contribution is 2.36. The lowest BCUT2D eigenvalue weighted by atomic mass is 10.0. The SMILES string of the molecule is CCc1cccc2sc(N(C[C@H]3CCCO3)C(=O)c3c(-c4ccccc4Cl)noc3C)nc12. The van der Waals surface area contributed by atoms with Gasteiger partial charge in [-0.05, 0) is 43.9 Å². The average molecular weight is 482 g/mol. The molecular weight excluding hydrogens is 458 g/mol. The van der Waals surface area contributed by atoms with Crippen LogP contribution in [0.1, 0.15) is 41.4 Å². The Labute approximate surface area is 201 Å². The van der Waals surface area contributed by atoms with Crippen molar-refractivity contribution < 1.29 is 14.1 Å². The summed E-state index contributed by atoms with van der Waals surface area (Å²) in [6.45, 7) is 4.99. The number of aromatic nitrogens is 2. The number of carbonyl (C=O) groups is 1. The van der Waals surface area contributed by atoms with Gasteiger partial charge in [-0.25, -0.2) is 4.98 Å². The number of hydrogen-bond donors (Lipinski definition) is 0. The van der Waals surface area contributed by atoms with Gasteiger partial charge in [0, 0.05) is 12.2 Å². The molecule has 0 unspecified atom stereocenters. The second-order valence-corrected chi connectivity index (χ2v) is 9.52. The number of halogens is 1. The zero-order chi connectivity index (χ0) is 22.9. The summed E-state index contributed by atoms with van der Waals surface area (Å²) < 4.78 is 12.4. The number of hydrogen-bond acceptors (Lipinski definition) is 6. The summed E-state index contributed by atoms with van der Waals surface area (Å²) in [6, 6.07) is 13.5. The van der Waals surface area contributed by atoms with Crippen molar-refractivity contribution in [2.75, 3.05) is 18.1 Å². The first-order valence-corrected chi connectivity index (χ1v) is 12.3. The predicted octanol–water partition coefficient (Wildman–Crippen LogP) is 6.30. The number of fused-ring (bicyclic) bond motifs is 1. The lowest BCUT2D eigenvalue weighted by Gasteiger charge is -2.23. The van der Waals surface area contributed by atoms with Crippen LogP contribution in [0.15, 0.2) is 47.0 Å². The minimum atomic E-state index is -0.212. The van der Waals surface area contributed by atoms with Gasteiger partial charge in [0.25, 0.3) is 5.91 Å². The van der Waals surface area contributed by atoms with E-state index in [1.165, 1.54) is 11.3 Å². The summed E-state index contributed by atoms with van der Waals surface area (Å²) in [5.41, 5.74) is 3.61. The van der Waals surface area contributed by atoms with E-state index in [0.29, 0.717) is 45.9 Å². The first-order chi connectivity index (χ1) is 16.1. The van der Waals surface area contributed by atoms with Crippen LogP contribution in [0, 0.1) is 6.92 Å². The molecule has 1 aliphatic heterocycles. The van der Waals surface area contributed by atoms with Crippen molar-refractivity contribution in [3.05, 3.63) is 64.4 Å². The molecule has 1 aliphatic rings. The van der Waals surface area contributed by atoms with Crippen LogP contribution in [0.2, 0.25) is 5.02 Å². The van der Waals surface area contributed by atoms with E-state index in [4.69, 9.17) is 25.8 Å². The van der Waals surface area contributed by atoms with Crippen molar-refractivity contribution in [1.82, 2.24) is 10.1 Å². The maximum Gasteiger partial charge on any atom is 0.266 e. The number of nitrogens with zero attached hydrogens (tertiary/aromatic N) is 3. The molecule has 0 aliphatic carbocycles. The Kier molecular flexibility index (Phi) is 6.19. The molecule has 33 heavy (non-hydrogen) atoms. The molecule has 2 aromatic heterocycles. The zero-order valence-electron chi connectivity index (χ0n) is 18.5. The lowest BCUT2D eigenvalue weighted by Crippen LogP contribution is -2.37. The fourth-order valence-electron chi connectivity index (χ4n) is 4.23. The van der Waals surface area contributed by atoms with Crippen LogP contribution in [-0.2, 0) is 11.2 Å². The number of carbonyl (C=O) groups excluding carboxylic acids is 1. The molecule has 1 fully saturated rings. The van der Waals surface area contributed by atoms with E-state index in [1.807, 2.05) is 30.3 Å². The maximum atomic E-state index is 14.0. The van der Waals surface area contributed by atoms with Gasteiger partial charge in [-0.15, -0.1) is 0 Å². The molecule has 0 saturated carbocycles. The Bertz CT molecular complexity index is 1310. The number of anilines is 1. The highest BCUT2D eigenvalue weighted by atomic mass is 35.5. The van der Waals surface area contributed by atoms with Crippen LogP contribution >= 0.6 is 22.9 Å². The summed E-state index contributed by atoms with van der Waals surface area (Å²) in [7, 11) is 0. The number of ether oxygens (including phenoxy) is 1. The van der Waals surface area contributed by atoms with Crippen molar-refractivity contribution >= 4 is 44.2 Å². The zero-order valence-corrected chi connectivity index (χ0v) is 20.1. The van der Waals surface area contributed by atoms with E-state index >= 15 is 0 Å². The van der Waals surface area contributed by atoms with Gasteiger partial charge in [-0.3, -0.25) is 9.69 Å². The summed E-state index contributed by atoms with van der Waals surface area (Å²) in [4.78, 5) is 20.7. The van der Waals surface area contributed by atoms with Crippen molar-refractivity contribution in [2.24, 2.45) is 0 Å². The largest absolute Gasteiger partial charge is 0.376 e. The molecular formula is C25H24ClN3O3S. The molecule has 170 valence electrons. The van der Waals surface area contributed by atoms with Gasteiger partial charge >= 0.3 is 0 Å². The molecule has 4 aromatic rings. The number of thiazole rings is 1. The lowest BCUT2D eigenvalue weighted by molar-refractivity contribution is 0.0916. The average Bonchev–Trinajstić information content (AvgIpc) is 3.56. The summed E-state index contributed by atoms with van der Waals surface area (Å²) in [5, 5.41) is 5.35. The van der Waals surface area contributed by atoms with E-state index in [2.05, 4.69) is 18.1 Å². The van der Waals surface area contributed by atoms with Crippen molar-refractivity contribution in [2.45, 2.75) is 39.2 Å². The molecule has 2 aromatic carbocycles. The van der Waals surface area contributed by atoms with E-state index in [1.54, 1.807) is 17.9 Å². The van der Waals surface area contributed by atoms with Gasteiger partial charge in [0.1, 0.15) is 17.0 Å². The molecule has 1 saturated heterocycles. The topological polar surface area (TPSA) is 68.5 Å². The molecule has 0 spiro atoms. The monoisotopic (exact) mass is 481 g/mol. The normalized spacial score (nSPS) is 15.9. The molecule has 0 radical (unpaired) electrons. The maximum absolute atomic E-state index is 14.0. The first kappa shape index (κ1) is 22.1. The Morgan fingerprint density at radius 3 is 2.85 bits per heavy atom. The van der Waals surface area contributed by atoms with Gasteiger partial charge in [0.2, 0.25) is 0 Å².